The molecule has 0 saturated carbocycles. The lowest BCUT2D eigenvalue weighted by Gasteiger charge is -2.16. The van der Waals surface area contributed by atoms with Crippen molar-refractivity contribution in [1.29, 1.82) is 0 Å². The summed E-state index contributed by atoms with van der Waals surface area (Å²) >= 11 is 6.82. The molecule has 0 spiro atoms. The van der Waals surface area contributed by atoms with Crippen LogP contribution in [0.5, 0.6) is 0 Å². The predicted octanol–water partition coefficient (Wildman–Crippen LogP) is 5.62. The third-order valence-corrected chi connectivity index (χ3v) is 6.61. The highest BCUT2D eigenvalue weighted by molar-refractivity contribution is 9.08. The number of benzene rings is 4. The normalized spacial score (nSPS) is 12.6. The van der Waals surface area contributed by atoms with Gasteiger partial charge in [0, 0.05) is 16.0 Å². The Hall–Kier alpha value is -1.21. The fourth-order valence-electron chi connectivity index (χ4n) is 3.47. The zero-order valence-electron chi connectivity index (χ0n) is 12.4. The van der Waals surface area contributed by atoms with Gasteiger partial charge < -0.3 is 0 Å². The molecule has 0 saturated heterocycles. The molecule has 6 heteroatoms. The first-order valence-electron chi connectivity index (χ1n) is 7.27. The second kappa shape index (κ2) is 5.66. The summed E-state index contributed by atoms with van der Waals surface area (Å²) in [4.78, 5) is -0.00848. The van der Waals surface area contributed by atoms with Gasteiger partial charge in [0.1, 0.15) is 4.90 Å². The molecule has 0 radical (unpaired) electrons. The third kappa shape index (κ3) is 2.36. The molecular formula is C18H12Br2O3S. The Bertz CT molecular complexity index is 1180. The zero-order chi connectivity index (χ0) is 17.1. The first kappa shape index (κ1) is 16.3. The minimum absolute atomic E-state index is 0.00848. The predicted molar refractivity (Wildman–Crippen MR) is 105 cm³/mol. The summed E-state index contributed by atoms with van der Waals surface area (Å²) in [6.07, 6.45) is 0. The average molecular weight is 468 g/mol. The molecule has 4 rings (SSSR count). The average Bonchev–Trinajstić information content (AvgIpc) is 2.57. The Balaban J connectivity index is 2.31. The van der Waals surface area contributed by atoms with Crippen molar-refractivity contribution in [2.45, 2.75) is 15.6 Å². The lowest BCUT2D eigenvalue weighted by Crippen LogP contribution is -2.04. The Morgan fingerprint density at radius 3 is 1.96 bits per heavy atom. The summed E-state index contributed by atoms with van der Waals surface area (Å²) < 4.78 is 33.7. The van der Waals surface area contributed by atoms with Gasteiger partial charge in [-0.25, -0.2) is 0 Å². The van der Waals surface area contributed by atoms with Crippen LogP contribution in [0.1, 0.15) is 11.1 Å². The van der Waals surface area contributed by atoms with Gasteiger partial charge >= 0.3 is 0 Å². The molecule has 4 aromatic carbocycles. The van der Waals surface area contributed by atoms with Crippen LogP contribution in [0, 0.1) is 0 Å². The second-order valence-electron chi connectivity index (χ2n) is 5.80. The highest BCUT2D eigenvalue weighted by atomic mass is 79.9. The summed E-state index contributed by atoms with van der Waals surface area (Å²) in [5.74, 6) is 0. The first-order valence-corrected chi connectivity index (χ1v) is 10.9. The molecule has 0 fully saturated rings. The van der Waals surface area contributed by atoms with Crippen molar-refractivity contribution in [3.63, 3.8) is 0 Å². The highest BCUT2D eigenvalue weighted by Gasteiger charge is 2.22. The van der Waals surface area contributed by atoms with E-state index in [1.165, 1.54) is 0 Å². The van der Waals surface area contributed by atoms with Crippen LogP contribution in [-0.4, -0.2) is 13.0 Å². The van der Waals surface area contributed by atoms with Gasteiger partial charge in [0.05, 0.1) is 0 Å². The van der Waals surface area contributed by atoms with Crippen molar-refractivity contribution in [3.05, 3.63) is 53.6 Å². The molecule has 0 bridgehead atoms. The third-order valence-electron chi connectivity index (χ3n) is 4.36. The molecule has 0 amide bonds. The van der Waals surface area contributed by atoms with Gasteiger partial charge in [-0.15, -0.1) is 0 Å². The maximum atomic E-state index is 12.0. The van der Waals surface area contributed by atoms with Crippen LogP contribution in [-0.2, 0) is 20.8 Å². The monoisotopic (exact) mass is 466 g/mol. The number of alkyl halides is 2. The van der Waals surface area contributed by atoms with Gasteiger partial charge in [0.25, 0.3) is 10.1 Å². The fourth-order valence-corrected chi connectivity index (χ4v) is 5.34. The number of hydrogen-bond donors (Lipinski definition) is 1. The van der Waals surface area contributed by atoms with Crippen molar-refractivity contribution in [2.24, 2.45) is 0 Å². The molecule has 0 aliphatic heterocycles. The highest BCUT2D eigenvalue weighted by Crippen LogP contribution is 2.40. The minimum atomic E-state index is -4.32. The smallest absolute Gasteiger partial charge is 0.282 e. The van der Waals surface area contributed by atoms with Gasteiger partial charge in [-0.05, 0) is 44.1 Å². The maximum absolute atomic E-state index is 12.0. The lowest BCUT2D eigenvalue weighted by molar-refractivity contribution is 0.483. The molecule has 0 atom stereocenters. The summed E-state index contributed by atoms with van der Waals surface area (Å²) in [7, 11) is -4.32. The van der Waals surface area contributed by atoms with Gasteiger partial charge in [-0.2, -0.15) is 8.42 Å². The number of halogens is 2. The molecule has 122 valence electrons. The molecule has 0 aliphatic rings. The molecule has 0 aromatic heterocycles. The Morgan fingerprint density at radius 1 is 0.833 bits per heavy atom. The summed E-state index contributed by atoms with van der Waals surface area (Å²) in [5.41, 5.74) is 1.72. The lowest BCUT2D eigenvalue weighted by atomic mass is 9.92. The summed E-state index contributed by atoms with van der Waals surface area (Å²) in [6.45, 7) is 0. The zero-order valence-corrected chi connectivity index (χ0v) is 16.4. The molecule has 0 unspecified atom stereocenters. The van der Waals surface area contributed by atoms with Gasteiger partial charge in [-0.1, -0.05) is 68.3 Å². The topological polar surface area (TPSA) is 54.4 Å². The SMILES string of the molecule is O=S(=O)(O)c1c(CBr)cc2ccc3cc(CBr)cc4ccc1c2c34. The van der Waals surface area contributed by atoms with Crippen molar-refractivity contribution in [2.75, 3.05) is 0 Å². The molecule has 3 nitrogen and oxygen atoms in total. The van der Waals surface area contributed by atoms with Crippen molar-refractivity contribution in [3.8, 4) is 0 Å². The molecule has 0 aliphatic carbocycles. The Kier molecular flexibility index (Phi) is 3.84. The maximum Gasteiger partial charge on any atom is 0.295 e. The van der Waals surface area contributed by atoms with Crippen LogP contribution in [0.2, 0.25) is 0 Å². The minimum Gasteiger partial charge on any atom is -0.282 e. The van der Waals surface area contributed by atoms with E-state index in [0.717, 1.165) is 37.8 Å². The van der Waals surface area contributed by atoms with Crippen LogP contribution < -0.4 is 0 Å². The van der Waals surface area contributed by atoms with E-state index in [1.54, 1.807) is 6.07 Å². The molecular weight excluding hydrogens is 456 g/mol. The van der Waals surface area contributed by atoms with Gasteiger partial charge in [0.15, 0.2) is 0 Å². The van der Waals surface area contributed by atoms with E-state index in [2.05, 4.69) is 50.1 Å². The number of hydrogen-bond acceptors (Lipinski definition) is 2. The van der Waals surface area contributed by atoms with Crippen LogP contribution in [0.3, 0.4) is 0 Å². The standard InChI is InChI=1S/C18H12Br2O3S/c19-8-10-5-11-1-2-13-7-14(9-20)18(24(21,22)23)15-4-3-12(6-10)16(11)17(13)15/h1-7H,8-9H2,(H,21,22,23). The van der Waals surface area contributed by atoms with Crippen LogP contribution >= 0.6 is 31.9 Å². The Labute approximate surface area is 156 Å². The molecule has 0 heterocycles. The van der Waals surface area contributed by atoms with Crippen LogP contribution in [0.25, 0.3) is 32.3 Å². The van der Waals surface area contributed by atoms with E-state index in [0.29, 0.717) is 16.3 Å². The van der Waals surface area contributed by atoms with E-state index < -0.39 is 10.1 Å². The van der Waals surface area contributed by atoms with Crippen molar-refractivity contribution in [1.82, 2.24) is 0 Å². The van der Waals surface area contributed by atoms with Crippen molar-refractivity contribution < 1.29 is 13.0 Å². The van der Waals surface area contributed by atoms with Gasteiger partial charge in [0.2, 0.25) is 0 Å². The second-order valence-corrected chi connectivity index (χ2v) is 8.28. The molecule has 4 aromatic rings. The van der Waals surface area contributed by atoms with E-state index in [1.807, 2.05) is 18.2 Å². The van der Waals surface area contributed by atoms with Crippen LogP contribution in [0.4, 0.5) is 0 Å². The molecule has 24 heavy (non-hydrogen) atoms. The summed E-state index contributed by atoms with van der Waals surface area (Å²) in [5, 5.41) is 6.68. The largest absolute Gasteiger partial charge is 0.295 e. The van der Waals surface area contributed by atoms with E-state index >= 15 is 0 Å². The number of rotatable bonds is 3. The quantitative estimate of drug-likeness (QED) is 0.241. The van der Waals surface area contributed by atoms with Crippen molar-refractivity contribution >= 4 is 74.3 Å². The van der Waals surface area contributed by atoms with E-state index in [9.17, 15) is 13.0 Å². The fraction of sp³-hybridized carbons (Fsp3) is 0.111. The van der Waals surface area contributed by atoms with Crippen LogP contribution in [0.15, 0.2) is 47.4 Å². The molecule has 1 N–H and O–H groups in total. The first-order chi connectivity index (χ1) is 11.4. The van der Waals surface area contributed by atoms with E-state index in [4.69, 9.17) is 0 Å². The van der Waals surface area contributed by atoms with Gasteiger partial charge in [-0.3, -0.25) is 4.55 Å². The van der Waals surface area contributed by atoms with E-state index in [-0.39, 0.29) is 4.90 Å². The Morgan fingerprint density at radius 2 is 1.42 bits per heavy atom. The summed E-state index contributed by atoms with van der Waals surface area (Å²) in [6, 6.07) is 13.8.